The van der Waals surface area contributed by atoms with E-state index in [-0.39, 0.29) is 5.91 Å². The third-order valence-corrected chi connectivity index (χ3v) is 3.92. The van der Waals surface area contributed by atoms with Crippen molar-refractivity contribution in [1.29, 1.82) is 0 Å². The predicted molar refractivity (Wildman–Crippen MR) is 85.3 cm³/mol. The molecule has 0 radical (unpaired) electrons. The maximum Gasteiger partial charge on any atom is 0.236 e. The van der Waals surface area contributed by atoms with Gasteiger partial charge in [0.15, 0.2) is 0 Å². The maximum atomic E-state index is 12.2. The van der Waals surface area contributed by atoms with Crippen LogP contribution >= 0.6 is 0 Å². The molecular weight excluding hydrogens is 264 g/mol. The van der Waals surface area contributed by atoms with Crippen molar-refractivity contribution in [2.75, 3.05) is 45.7 Å². The highest BCUT2D eigenvalue weighted by Crippen LogP contribution is 2.11. The smallest absolute Gasteiger partial charge is 0.236 e. The van der Waals surface area contributed by atoms with E-state index in [2.05, 4.69) is 9.88 Å². The van der Waals surface area contributed by atoms with Gasteiger partial charge in [0.25, 0.3) is 0 Å². The summed E-state index contributed by atoms with van der Waals surface area (Å²) in [5.41, 5.74) is 1.06. The van der Waals surface area contributed by atoms with E-state index in [1.807, 2.05) is 44.4 Å². The second kappa shape index (κ2) is 7.41. The summed E-state index contributed by atoms with van der Waals surface area (Å²) in [7, 11) is 5.80. The van der Waals surface area contributed by atoms with Gasteiger partial charge in [-0.15, -0.1) is 0 Å². The van der Waals surface area contributed by atoms with Crippen LogP contribution in [0.25, 0.3) is 0 Å². The van der Waals surface area contributed by atoms with Crippen molar-refractivity contribution in [3.8, 4) is 0 Å². The predicted octanol–water partition coefficient (Wildman–Crippen LogP) is 1.59. The fourth-order valence-electron chi connectivity index (χ4n) is 2.57. The molecule has 1 saturated heterocycles. The number of carbonyl (C=O) groups is 1. The van der Waals surface area contributed by atoms with Crippen LogP contribution in [-0.2, 0) is 11.3 Å². The summed E-state index contributed by atoms with van der Waals surface area (Å²) >= 11 is 0. The van der Waals surface area contributed by atoms with Gasteiger partial charge in [0, 0.05) is 33.9 Å². The van der Waals surface area contributed by atoms with Crippen LogP contribution in [0.2, 0.25) is 0 Å². The molecule has 1 aromatic rings. The van der Waals surface area contributed by atoms with Crippen molar-refractivity contribution >= 4 is 11.7 Å². The monoisotopic (exact) mass is 290 g/mol. The third kappa shape index (κ3) is 4.70. The number of likely N-dealkylation sites (tertiary alicyclic amines) is 1. The quantitative estimate of drug-likeness (QED) is 0.825. The molecule has 2 rings (SSSR count). The van der Waals surface area contributed by atoms with E-state index in [1.54, 1.807) is 4.90 Å². The Hall–Kier alpha value is -1.62. The molecule has 0 unspecified atom stereocenters. The largest absolute Gasteiger partial charge is 0.363 e. The number of nitrogens with zero attached hydrogens (tertiary/aromatic N) is 4. The highest BCUT2D eigenvalue weighted by Gasteiger charge is 2.16. The van der Waals surface area contributed by atoms with E-state index in [4.69, 9.17) is 0 Å². The Morgan fingerprint density at radius 2 is 1.90 bits per heavy atom. The summed E-state index contributed by atoms with van der Waals surface area (Å²) in [6, 6.07) is 4.02. The van der Waals surface area contributed by atoms with E-state index in [0.29, 0.717) is 13.1 Å². The zero-order valence-corrected chi connectivity index (χ0v) is 13.4. The second-order valence-corrected chi connectivity index (χ2v) is 6.01. The Morgan fingerprint density at radius 3 is 2.48 bits per heavy atom. The van der Waals surface area contributed by atoms with Crippen molar-refractivity contribution < 1.29 is 4.79 Å². The Bertz CT molecular complexity index is 452. The minimum atomic E-state index is 0.189. The molecule has 1 aliphatic heterocycles. The number of pyridine rings is 1. The number of hydrogen-bond donors (Lipinski definition) is 0. The van der Waals surface area contributed by atoms with Crippen molar-refractivity contribution in [3.05, 3.63) is 23.9 Å². The molecule has 0 aliphatic carbocycles. The highest BCUT2D eigenvalue weighted by molar-refractivity contribution is 5.78. The first kappa shape index (κ1) is 15.8. The molecule has 5 heteroatoms. The molecule has 2 heterocycles. The van der Waals surface area contributed by atoms with E-state index < -0.39 is 0 Å². The summed E-state index contributed by atoms with van der Waals surface area (Å²) in [4.78, 5) is 22.6. The number of aromatic nitrogens is 1. The molecule has 0 N–H and O–H groups in total. The number of anilines is 1. The minimum Gasteiger partial charge on any atom is -0.363 e. The molecule has 5 nitrogen and oxygen atoms in total. The molecule has 0 atom stereocenters. The summed E-state index contributed by atoms with van der Waals surface area (Å²) in [6.07, 6.45) is 5.57. The molecule has 1 aromatic heterocycles. The van der Waals surface area contributed by atoms with Gasteiger partial charge in [0.1, 0.15) is 5.82 Å². The lowest BCUT2D eigenvalue weighted by atomic mass is 10.1. The Balaban J connectivity index is 1.84. The van der Waals surface area contributed by atoms with Gasteiger partial charge in [-0.3, -0.25) is 9.69 Å². The van der Waals surface area contributed by atoms with Crippen LogP contribution in [-0.4, -0.2) is 61.5 Å². The van der Waals surface area contributed by atoms with Crippen LogP contribution in [0.1, 0.15) is 24.8 Å². The first-order valence-corrected chi connectivity index (χ1v) is 7.65. The molecular formula is C16H26N4O. The lowest BCUT2D eigenvalue weighted by Crippen LogP contribution is -2.40. The Kier molecular flexibility index (Phi) is 5.56. The molecule has 0 aromatic carbocycles. The van der Waals surface area contributed by atoms with E-state index in [1.165, 1.54) is 19.3 Å². The standard InChI is InChI=1S/C16H26N4O/c1-18(2)15-8-7-14(11-17-15)12-19(3)16(21)13-20-9-5-4-6-10-20/h7-8,11H,4-6,9-10,12-13H2,1-3H3. The van der Waals surface area contributed by atoms with E-state index in [0.717, 1.165) is 24.5 Å². The molecule has 0 spiro atoms. The highest BCUT2D eigenvalue weighted by atomic mass is 16.2. The molecule has 116 valence electrons. The van der Waals surface area contributed by atoms with Gasteiger partial charge >= 0.3 is 0 Å². The molecule has 21 heavy (non-hydrogen) atoms. The molecule has 1 aliphatic rings. The van der Waals surface area contributed by atoms with Gasteiger partial charge in [-0.25, -0.2) is 4.98 Å². The van der Waals surface area contributed by atoms with Gasteiger partial charge in [-0.2, -0.15) is 0 Å². The minimum absolute atomic E-state index is 0.189. The molecule has 0 bridgehead atoms. The fraction of sp³-hybridized carbons (Fsp3) is 0.625. The first-order valence-electron chi connectivity index (χ1n) is 7.65. The first-order chi connectivity index (χ1) is 10.1. The van der Waals surface area contributed by atoms with Crippen LogP contribution in [0.15, 0.2) is 18.3 Å². The number of likely N-dealkylation sites (N-methyl/N-ethyl adjacent to an activating group) is 1. The lowest BCUT2D eigenvalue weighted by molar-refractivity contribution is -0.131. The molecule has 1 amide bonds. The van der Waals surface area contributed by atoms with Gasteiger partial charge in [-0.1, -0.05) is 12.5 Å². The van der Waals surface area contributed by atoms with Crippen LogP contribution in [0.3, 0.4) is 0 Å². The second-order valence-electron chi connectivity index (χ2n) is 6.01. The Labute approximate surface area is 127 Å². The number of carbonyl (C=O) groups excluding carboxylic acids is 1. The van der Waals surface area contributed by atoms with Gasteiger partial charge in [0.2, 0.25) is 5.91 Å². The average Bonchev–Trinajstić information content (AvgIpc) is 2.48. The van der Waals surface area contributed by atoms with Crippen LogP contribution < -0.4 is 4.90 Å². The van der Waals surface area contributed by atoms with Crippen molar-refractivity contribution in [3.63, 3.8) is 0 Å². The number of hydrogen-bond acceptors (Lipinski definition) is 4. The number of rotatable bonds is 5. The van der Waals surface area contributed by atoms with Gasteiger partial charge in [-0.05, 0) is 37.6 Å². The van der Waals surface area contributed by atoms with Gasteiger partial charge < -0.3 is 9.80 Å². The topological polar surface area (TPSA) is 39.7 Å². The van der Waals surface area contributed by atoms with Crippen molar-refractivity contribution in [2.24, 2.45) is 0 Å². The normalized spacial score (nSPS) is 15.8. The van der Waals surface area contributed by atoms with Crippen LogP contribution in [0, 0.1) is 0 Å². The Morgan fingerprint density at radius 1 is 1.19 bits per heavy atom. The van der Waals surface area contributed by atoms with Gasteiger partial charge in [0.05, 0.1) is 6.54 Å². The zero-order valence-electron chi connectivity index (χ0n) is 13.4. The average molecular weight is 290 g/mol. The SMILES string of the molecule is CN(Cc1ccc(N(C)C)nc1)C(=O)CN1CCCCC1. The summed E-state index contributed by atoms with van der Waals surface area (Å²) in [5.74, 6) is 1.12. The fourth-order valence-corrected chi connectivity index (χ4v) is 2.57. The van der Waals surface area contributed by atoms with Crippen molar-refractivity contribution in [1.82, 2.24) is 14.8 Å². The van der Waals surface area contributed by atoms with Crippen LogP contribution in [0.5, 0.6) is 0 Å². The number of piperidine rings is 1. The molecule has 0 saturated carbocycles. The van der Waals surface area contributed by atoms with E-state index in [9.17, 15) is 4.79 Å². The summed E-state index contributed by atoms with van der Waals surface area (Å²) < 4.78 is 0. The third-order valence-electron chi connectivity index (χ3n) is 3.92. The van der Waals surface area contributed by atoms with E-state index >= 15 is 0 Å². The number of amides is 1. The summed E-state index contributed by atoms with van der Waals surface area (Å²) in [5, 5.41) is 0. The maximum absolute atomic E-state index is 12.2. The van der Waals surface area contributed by atoms with Crippen LogP contribution in [0.4, 0.5) is 5.82 Å². The molecule has 1 fully saturated rings. The lowest BCUT2D eigenvalue weighted by Gasteiger charge is -2.28. The van der Waals surface area contributed by atoms with Crippen molar-refractivity contribution in [2.45, 2.75) is 25.8 Å². The zero-order chi connectivity index (χ0) is 15.2. The summed E-state index contributed by atoms with van der Waals surface area (Å²) in [6.45, 7) is 3.27.